The number of halogens is 1. The van der Waals surface area contributed by atoms with E-state index in [0.29, 0.717) is 19.8 Å². The number of rotatable bonds is 4. The lowest BCUT2D eigenvalue weighted by atomic mass is 10.2. The Balaban J connectivity index is 1.63. The summed E-state index contributed by atoms with van der Waals surface area (Å²) in [5.74, 6) is 1.58. The SMILES string of the molecule is Cc1cnc(CNCc2cc(Br)c3c(c2)OCCO3)cn1. The number of nitrogens with one attached hydrogen (secondary N) is 1. The Kier molecular flexibility index (Phi) is 4.36. The van der Waals surface area contributed by atoms with Crippen molar-refractivity contribution >= 4 is 15.9 Å². The summed E-state index contributed by atoms with van der Waals surface area (Å²) in [5.41, 5.74) is 2.98. The predicted octanol–water partition coefficient (Wildman–Crippen LogP) is 2.61. The highest BCUT2D eigenvalue weighted by Crippen LogP contribution is 2.38. The van der Waals surface area contributed by atoms with E-state index in [1.807, 2.05) is 19.1 Å². The minimum absolute atomic E-state index is 0.593. The largest absolute Gasteiger partial charge is 0.486 e. The molecule has 0 unspecified atom stereocenters. The van der Waals surface area contributed by atoms with Gasteiger partial charge in [0.15, 0.2) is 11.5 Å². The molecule has 110 valence electrons. The number of hydrogen-bond acceptors (Lipinski definition) is 5. The van der Waals surface area contributed by atoms with Crippen LogP contribution in [0.2, 0.25) is 0 Å². The van der Waals surface area contributed by atoms with Gasteiger partial charge in [0.25, 0.3) is 0 Å². The van der Waals surface area contributed by atoms with E-state index in [4.69, 9.17) is 9.47 Å². The van der Waals surface area contributed by atoms with Gasteiger partial charge in [-0.25, -0.2) is 0 Å². The first-order valence-corrected chi connectivity index (χ1v) is 7.58. The summed E-state index contributed by atoms with van der Waals surface area (Å²) < 4.78 is 12.1. The third-order valence-electron chi connectivity index (χ3n) is 3.13. The third-order valence-corrected chi connectivity index (χ3v) is 3.72. The van der Waals surface area contributed by atoms with Crippen LogP contribution in [0.4, 0.5) is 0 Å². The smallest absolute Gasteiger partial charge is 0.175 e. The van der Waals surface area contributed by atoms with Gasteiger partial charge in [0.2, 0.25) is 0 Å². The van der Waals surface area contributed by atoms with Crippen molar-refractivity contribution in [3.05, 3.63) is 46.0 Å². The Hall–Kier alpha value is -1.66. The van der Waals surface area contributed by atoms with E-state index in [-0.39, 0.29) is 0 Å². The number of nitrogens with zero attached hydrogens (tertiary/aromatic N) is 2. The highest BCUT2D eigenvalue weighted by atomic mass is 79.9. The fourth-order valence-corrected chi connectivity index (χ4v) is 2.72. The van der Waals surface area contributed by atoms with Crippen molar-refractivity contribution < 1.29 is 9.47 Å². The van der Waals surface area contributed by atoms with Gasteiger partial charge in [-0.05, 0) is 40.5 Å². The Labute approximate surface area is 131 Å². The van der Waals surface area contributed by atoms with Crippen molar-refractivity contribution in [2.45, 2.75) is 20.0 Å². The second-order valence-corrected chi connectivity index (χ2v) is 5.71. The van der Waals surface area contributed by atoms with E-state index in [1.165, 1.54) is 0 Å². The van der Waals surface area contributed by atoms with Gasteiger partial charge in [-0.3, -0.25) is 9.97 Å². The monoisotopic (exact) mass is 349 g/mol. The second kappa shape index (κ2) is 6.41. The van der Waals surface area contributed by atoms with Crippen molar-refractivity contribution in [3.63, 3.8) is 0 Å². The molecule has 0 amide bonds. The van der Waals surface area contributed by atoms with Crippen molar-refractivity contribution in [3.8, 4) is 11.5 Å². The highest BCUT2D eigenvalue weighted by Gasteiger charge is 2.16. The minimum Gasteiger partial charge on any atom is -0.486 e. The van der Waals surface area contributed by atoms with Crippen LogP contribution in [0.25, 0.3) is 0 Å². The summed E-state index contributed by atoms with van der Waals surface area (Å²) in [6.07, 6.45) is 3.57. The van der Waals surface area contributed by atoms with Gasteiger partial charge in [-0.1, -0.05) is 0 Å². The molecule has 0 spiro atoms. The molecule has 1 aliphatic heterocycles. The van der Waals surface area contributed by atoms with Crippen LogP contribution in [0.15, 0.2) is 29.0 Å². The molecular weight excluding hydrogens is 334 g/mol. The van der Waals surface area contributed by atoms with Crippen LogP contribution in [0.3, 0.4) is 0 Å². The molecule has 1 N–H and O–H groups in total. The van der Waals surface area contributed by atoms with Crippen LogP contribution >= 0.6 is 15.9 Å². The molecule has 1 aromatic heterocycles. The van der Waals surface area contributed by atoms with Gasteiger partial charge >= 0.3 is 0 Å². The van der Waals surface area contributed by atoms with E-state index in [0.717, 1.165) is 39.5 Å². The lowest BCUT2D eigenvalue weighted by Crippen LogP contribution is -2.17. The molecule has 0 atom stereocenters. The van der Waals surface area contributed by atoms with E-state index in [1.54, 1.807) is 12.4 Å². The van der Waals surface area contributed by atoms with Crippen LogP contribution in [0, 0.1) is 6.92 Å². The maximum atomic E-state index is 5.62. The summed E-state index contributed by atoms with van der Waals surface area (Å²) in [6, 6.07) is 4.05. The Morgan fingerprint density at radius 2 is 2.00 bits per heavy atom. The Bertz CT molecular complexity index is 632. The zero-order chi connectivity index (χ0) is 14.7. The summed E-state index contributed by atoms with van der Waals surface area (Å²) in [6.45, 7) is 4.52. The molecule has 0 aliphatic carbocycles. The fourth-order valence-electron chi connectivity index (χ4n) is 2.11. The summed E-state index contributed by atoms with van der Waals surface area (Å²) in [5, 5.41) is 3.35. The summed E-state index contributed by atoms with van der Waals surface area (Å²) >= 11 is 3.52. The van der Waals surface area contributed by atoms with E-state index < -0.39 is 0 Å². The molecule has 0 bridgehead atoms. The molecule has 0 radical (unpaired) electrons. The molecule has 0 fully saturated rings. The van der Waals surface area contributed by atoms with Gasteiger partial charge in [0.05, 0.1) is 15.9 Å². The lowest BCUT2D eigenvalue weighted by molar-refractivity contribution is 0.170. The maximum absolute atomic E-state index is 5.62. The number of fused-ring (bicyclic) bond motifs is 1. The lowest BCUT2D eigenvalue weighted by Gasteiger charge is -2.20. The molecule has 0 saturated carbocycles. The van der Waals surface area contributed by atoms with Crippen LogP contribution in [-0.4, -0.2) is 23.2 Å². The summed E-state index contributed by atoms with van der Waals surface area (Å²) in [7, 11) is 0. The molecule has 2 heterocycles. The molecule has 1 aliphatic rings. The van der Waals surface area contributed by atoms with Crippen LogP contribution < -0.4 is 14.8 Å². The molecular formula is C15H16BrN3O2. The maximum Gasteiger partial charge on any atom is 0.175 e. The van der Waals surface area contributed by atoms with Gasteiger partial charge in [-0.15, -0.1) is 0 Å². The average Bonchev–Trinajstić information content (AvgIpc) is 2.49. The number of aryl methyl sites for hydroxylation is 1. The van der Waals surface area contributed by atoms with Gasteiger partial charge < -0.3 is 14.8 Å². The highest BCUT2D eigenvalue weighted by molar-refractivity contribution is 9.10. The number of aromatic nitrogens is 2. The van der Waals surface area contributed by atoms with Crippen molar-refractivity contribution in [1.82, 2.24) is 15.3 Å². The predicted molar refractivity (Wildman–Crippen MR) is 82.4 cm³/mol. The number of benzene rings is 1. The number of ether oxygens (including phenoxy) is 2. The first-order chi connectivity index (χ1) is 10.2. The second-order valence-electron chi connectivity index (χ2n) is 4.85. The molecule has 0 saturated heterocycles. The normalized spacial score (nSPS) is 13.2. The Morgan fingerprint density at radius 3 is 2.81 bits per heavy atom. The minimum atomic E-state index is 0.593. The first kappa shape index (κ1) is 14.3. The van der Waals surface area contributed by atoms with Crippen LogP contribution in [0.5, 0.6) is 11.5 Å². The standard InChI is InChI=1S/C15H16BrN3O2/c1-10-6-19-12(9-18-10)8-17-7-11-4-13(16)15-14(5-11)20-2-3-21-15/h4-6,9,17H,2-3,7-8H2,1H3. The molecule has 6 heteroatoms. The average molecular weight is 350 g/mol. The van der Waals surface area contributed by atoms with Gasteiger partial charge in [0.1, 0.15) is 13.2 Å². The zero-order valence-corrected chi connectivity index (χ0v) is 13.3. The number of hydrogen-bond donors (Lipinski definition) is 1. The zero-order valence-electron chi connectivity index (χ0n) is 11.7. The fraction of sp³-hybridized carbons (Fsp3) is 0.333. The van der Waals surface area contributed by atoms with Crippen LogP contribution in [0.1, 0.15) is 17.0 Å². The van der Waals surface area contributed by atoms with Crippen molar-refractivity contribution in [2.75, 3.05) is 13.2 Å². The molecule has 3 rings (SSSR count). The van der Waals surface area contributed by atoms with Gasteiger partial charge in [0, 0.05) is 25.5 Å². The van der Waals surface area contributed by atoms with Gasteiger partial charge in [-0.2, -0.15) is 0 Å². The quantitative estimate of drug-likeness (QED) is 0.919. The van der Waals surface area contributed by atoms with Crippen molar-refractivity contribution in [2.24, 2.45) is 0 Å². The molecule has 2 aromatic rings. The van der Waals surface area contributed by atoms with E-state index >= 15 is 0 Å². The van der Waals surface area contributed by atoms with Crippen molar-refractivity contribution in [1.29, 1.82) is 0 Å². The molecule has 1 aromatic carbocycles. The topological polar surface area (TPSA) is 56.3 Å². The summed E-state index contributed by atoms with van der Waals surface area (Å²) in [4.78, 5) is 8.55. The van der Waals surface area contributed by atoms with E-state index in [2.05, 4.69) is 31.2 Å². The Morgan fingerprint density at radius 1 is 1.14 bits per heavy atom. The van der Waals surface area contributed by atoms with E-state index in [9.17, 15) is 0 Å². The third kappa shape index (κ3) is 3.51. The molecule has 5 nitrogen and oxygen atoms in total. The first-order valence-electron chi connectivity index (χ1n) is 6.78. The van der Waals surface area contributed by atoms with Crippen LogP contribution in [-0.2, 0) is 13.1 Å². The molecule has 21 heavy (non-hydrogen) atoms.